The summed E-state index contributed by atoms with van der Waals surface area (Å²) in [6.07, 6.45) is 9.97. The number of aromatic nitrogens is 2. The summed E-state index contributed by atoms with van der Waals surface area (Å²) in [5, 5.41) is 0. The Labute approximate surface area is 147 Å². The Morgan fingerprint density at radius 1 is 1.28 bits per heavy atom. The van der Waals surface area contributed by atoms with Gasteiger partial charge in [-0.25, -0.2) is 4.98 Å². The van der Waals surface area contributed by atoms with Gasteiger partial charge in [-0.1, -0.05) is 12.1 Å². The Hall–Kier alpha value is -2.89. The maximum Gasteiger partial charge on any atom is 0.246 e. The van der Waals surface area contributed by atoms with Gasteiger partial charge >= 0.3 is 0 Å². The van der Waals surface area contributed by atoms with Gasteiger partial charge in [0.1, 0.15) is 11.9 Å². The fraction of sp³-hybridized carbons (Fsp3) is 0.316. The quantitative estimate of drug-likeness (QED) is 0.784. The summed E-state index contributed by atoms with van der Waals surface area (Å²) in [6.45, 7) is 1.30. The van der Waals surface area contributed by atoms with Gasteiger partial charge in [0, 0.05) is 25.0 Å². The van der Waals surface area contributed by atoms with Gasteiger partial charge in [0.25, 0.3) is 0 Å². The van der Waals surface area contributed by atoms with E-state index in [1.807, 2.05) is 35.2 Å². The first kappa shape index (κ1) is 17.0. The summed E-state index contributed by atoms with van der Waals surface area (Å²) in [4.78, 5) is 22.3. The topological polar surface area (TPSA) is 64.5 Å². The summed E-state index contributed by atoms with van der Waals surface area (Å²) in [7, 11) is 1.63. The lowest BCUT2D eigenvalue weighted by Crippen LogP contribution is -2.43. The average Bonchev–Trinajstić information content (AvgIpc) is 2.67. The minimum Gasteiger partial charge on any atom is -0.497 e. The third kappa shape index (κ3) is 4.79. The second-order valence-electron chi connectivity index (χ2n) is 5.82. The van der Waals surface area contributed by atoms with E-state index in [0.717, 1.165) is 30.7 Å². The zero-order valence-electron chi connectivity index (χ0n) is 14.2. The fourth-order valence-electron chi connectivity index (χ4n) is 2.74. The van der Waals surface area contributed by atoms with E-state index >= 15 is 0 Å². The van der Waals surface area contributed by atoms with Crippen molar-refractivity contribution in [2.45, 2.75) is 18.9 Å². The normalized spacial score (nSPS) is 17.5. The van der Waals surface area contributed by atoms with Gasteiger partial charge in [0.15, 0.2) is 0 Å². The van der Waals surface area contributed by atoms with E-state index in [9.17, 15) is 4.79 Å². The summed E-state index contributed by atoms with van der Waals surface area (Å²) in [5.41, 5.74) is 0.957. The molecule has 6 nitrogen and oxygen atoms in total. The lowest BCUT2D eigenvalue weighted by Gasteiger charge is -2.31. The van der Waals surface area contributed by atoms with Gasteiger partial charge < -0.3 is 14.4 Å². The molecule has 1 unspecified atom stereocenters. The van der Waals surface area contributed by atoms with Crippen molar-refractivity contribution in [1.29, 1.82) is 0 Å². The van der Waals surface area contributed by atoms with Gasteiger partial charge in [-0.05, 0) is 36.6 Å². The molecule has 1 aromatic carbocycles. The second kappa shape index (κ2) is 8.28. The molecule has 1 fully saturated rings. The number of hydrogen-bond acceptors (Lipinski definition) is 5. The van der Waals surface area contributed by atoms with E-state index in [1.54, 1.807) is 31.8 Å². The van der Waals surface area contributed by atoms with E-state index in [2.05, 4.69) is 9.97 Å². The molecule has 2 aromatic rings. The van der Waals surface area contributed by atoms with Crippen molar-refractivity contribution in [3.05, 3.63) is 54.5 Å². The number of methoxy groups -OCH3 is 1. The van der Waals surface area contributed by atoms with E-state index in [0.29, 0.717) is 12.4 Å². The number of nitrogens with zero attached hydrogens (tertiary/aromatic N) is 3. The number of carbonyl (C=O) groups excluding carboxylic acids is 1. The number of piperidine rings is 1. The number of ether oxygens (including phenoxy) is 2. The van der Waals surface area contributed by atoms with Crippen molar-refractivity contribution < 1.29 is 14.3 Å². The van der Waals surface area contributed by atoms with Gasteiger partial charge in [-0.3, -0.25) is 9.78 Å². The molecule has 0 spiro atoms. The predicted molar refractivity (Wildman–Crippen MR) is 94.3 cm³/mol. The smallest absolute Gasteiger partial charge is 0.246 e. The van der Waals surface area contributed by atoms with Gasteiger partial charge in [0.05, 0.1) is 19.9 Å². The number of hydrogen-bond donors (Lipinski definition) is 0. The molecule has 1 amide bonds. The molecular formula is C19H21N3O3. The molecule has 3 rings (SSSR count). The number of amides is 1. The predicted octanol–water partition coefficient (Wildman–Crippen LogP) is 2.57. The summed E-state index contributed by atoms with van der Waals surface area (Å²) >= 11 is 0. The number of likely N-dealkylation sites (tertiary alicyclic amines) is 1. The van der Waals surface area contributed by atoms with Crippen LogP contribution >= 0.6 is 0 Å². The zero-order valence-corrected chi connectivity index (χ0v) is 14.2. The number of rotatable bonds is 5. The first-order valence-corrected chi connectivity index (χ1v) is 8.28. The molecule has 1 aliphatic heterocycles. The van der Waals surface area contributed by atoms with E-state index in [4.69, 9.17) is 9.47 Å². The monoisotopic (exact) mass is 339 g/mol. The van der Waals surface area contributed by atoms with Crippen LogP contribution in [0.4, 0.5) is 0 Å². The lowest BCUT2D eigenvalue weighted by molar-refractivity contribution is -0.128. The first-order valence-electron chi connectivity index (χ1n) is 8.28. The maximum absolute atomic E-state index is 12.4. The molecule has 25 heavy (non-hydrogen) atoms. The van der Waals surface area contributed by atoms with Crippen LogP contribution in [0.5, 0.6) is 11.6 Å². The Balaban J connectivity index is 1.56. The Kier molecular flexibility index (Phi) is 5.61. The largest absolute Gasteiger partial charge is 0.497 e. The molecule has 0 N–H and O–H groups in total. The lowest BCUT2D eigenvalue weighted by atomic mass is 10.1. The Morgan fingerprint density at radius 2 is 2.12 bits per heavy atom. The van der Waals surface area contributed by atoms with Crippen molar-refractivity contribution in [2.24, 2.45) is 0 Å². The van der Waals surface area contributed by atoms with Gasteiger partial charge in [-0.15, -0.1) is 0 Å². The second-order valence-corrected chi connectivity index (χ2v) is 5.82. The minimum atomic E-state index is -0.0520. The fourth-order valence-corrected chi connectivity index (χ4v) is 2.74. The molecular weight excluding hydrogens is 318 g/mol. The third-order valence-electron chi connectivity index (χ3n) is 4.05. The minimum absolute atomic E-state index is 0.0109. The van der Waals surface area contributed by atoms with Crippen molar-refractivity contribution in [1.82, 2.24) is 14.9 Å². The molecule has 1 aromatic heterocycles. The summed E-state index contributed by atoms with van der Waals surface area (Å²) in [6, 6.07) is 7.57. The van der Waals surface area contributed by atoms with E-state index in [-0.39, 0.29) is 12.0 Å². The molecule has 0 bridgehead atoms. The van der Waals surface area contributed by atoms with Crippen molar-refractivity contribution >= 4 is 12.0 Å². The SMILES string of the molecule is COc1ccc(C=CC(=O)N2CCCC(Oc3cnccn3)C2)cc1. The van der Waals surface area contributed by atoms with Crippen LogP contribution in [0, 0.1) is 0 Å². The molecule has 0 radical (unpaired) electrons. The van der Waals surface area contributed by atoms with E-state index in [1.165, 1.54) is 0 Å². The van der Waals surface area contributed by atoms with Crippen LogP contribution in [0.25, 0.3) is 6.08 Å². The Bertz CT molecular complexity index is 716. The average molecular weight is 339 g/mol. The molecule has 0 saturated carbocycles. The van der Waals surface area contributed by atoms with Gasteiger partial charge in [-0.2, -0.15) is 0 Å². The van der Waals surface area contributed by atoms with Crippen LogP contribution in [0.1, 0.15) is 18.4 Å². The van der Waals surface area contributed by atoms with Gasteiger partial charge in [0.2, 0.25) is 11.8 Å². The molecule has 2 heterocycles. The van der Waals surface area contributed by atoms with Crippen molar-refractivity contribution in [2.75, 3.05) is 20.2 Å². The van der Waals surface area contributed by atoms with Crippen LogP contribution in [0.3, 0.4) is 0 Å². The maximum atomic E-state index is 12.4. The van der Waals surface area contributed by atoms with Crippen molar-refractivity contribution in [3.8, 4) is 11.6 Å². The van der Waals surface area contributed by atoms with Crippen LogP contribution in [-0.2, 0) is 4.79 Å². The van der Waals surface area contributed by atoms with Crippen LogP contribution in [-0.4, -0.2) is 47.1 Å². The summed E-state index contributed by atoms with van der Waals surface area (Å²) < 4.78 is 10.9. The van der Waals surface area contributed by atoms with E-state index < -0.39 is 0 Å². The molecule has 6 heteroatoms. The number of carbonyl (C=O) groups is 1. The third-order valence-corrected chi connectivity index (χ3v) is 4.05. The molecule has 0 aliphatic carbocycles. The highest BCUT2D eigenvalue weighted by Gasteiger charge is 2.24. The van der Waals surface area contributed by atoms with Crippen LogP contribution in [0.2, 0.25) is 0 Å². The first-order chi connectivity index (χ1) is 12.2. The molecule has 1 aliphatic rings. The summed E-state index contributed by atoms with van der Waals surface area (Å²) in [5.74, 6) is 1.28. The van der Waals surface area contributed by atoms with Crippen molar-refractivity contribution in [3.63, 3.8) is 0 Å². The highest BCUT2D eigenvalue weighted by atomic mass is 16.5. The molecule has 130 valence electrons. The standard InChI is InChI=1S/C19H21N3O3/c1-24-16-7-4-15(5-8-16)6-9-19(23)22-12-2-3-17(14-22)25-18-13-20-10-11-21-18/h4-11,13,17H,2-3,12,14H2,1H3. The highest BCUT2D eigenvalue weighted by Crippen LogP contribution is 2.17. The zero-order chi connectivity index (χ0) is 17.5. The van der Waals surface area contributed by atoms with Crippen LogP contribution in [0.15, 0.2) is 48.9 Å². The molecule has 1 atom stereocenters. The Morgan fingerprint density at radius 3 is 2.84 bits per heavy atom. The number of benzene rings is 1. The van der Waals surface area contributed by atoms with Crippen LogP contribution < -0.4 is 9.47 Å². The highest BCUT2D eigenvalue weighted by molar-refractivity contribution is 5.91. The molecule has 1 saturated heterocycles.